The Morgan fingerprint density at radius 2 is 1.24 bits per heavy atom. The molecule has 41 heavy (non-hydrogen) atoms. The molecule has 1 aliphatic carbocycles. The van der Waals surface area contributed by atoms with Gasteiger partial charge in [-0.25, -0.2) is 15.0 Å². The molecule has 6 aromatic rings. The smallest absolute Gasteiger partial charge is 0.164 e. The molecule has 2 aliphatic rings. The second-order valence-corrected chi connectivity index (χ2v) is 9.89. The fourth-order valence-corrected chi connectivity index (χ4v) is 5.58. The molecule has 0 spiro atoms. The van der Waals surface area contributed by atoms with Gasteiger partial charge in [0.25, 0.3) is 0 Å². The van der Waals surface area contributed by atoms with E-state index in [1.54, 1.807) is 24.3 Å². The van der Waals surface area contributed by atoms with E-state index in [1.165, 1.54) is 0 Å². The molecule has 0 N–H and O–H groups in total. The molecule has 194 valence electrons. The van der Waals surface area contributed by atoms with Crippen LogP contribution in [0.15, 0.2) is 139 Å². The molecule has 0 fully saturated rings. The summed E-state index contributed by atoms with van der Waals surface area (Å²) in [5, 5.41) is 0.219. The highest BCUT2D eigenvalue weighted by Gasteiger charge is 2.38. The van der Waals surface area contributed by atoms with Gasteiger partial charge in [0.15, 0.2) is 17.5 Å². The van der Waals surface area contributed by atoms with E-state index in [2.05, 4.69) is 0 Å². The van der Waals surface area contributed by atoms with Crippen LogP contribution < -0.4 is 4.74 Å². The average molecular weight is 534 g/mol. The number of ether oxygens (including phenoxy) is 1. The van der Waals surface area contributed by atoms with Crippen LogP contribution in [0, 0.1) is 0 Å². The first-order chi connectivity index (χ1) is 22.8. The Labute approximate surface area is 246 Å². The van der Waals surface area contributed by atoms with Crippen molar-refractivity contribution in [1.82, 2.24) is 15.0 Å². The topological polar surface area (TPSA) is 47.9 Å². The van der Waals surface area contributed by atoms with E-state index in [0.29, 0.717) is 22.8 Å². The van der Waals surface area contributed by atoms with Gasteiger partial charge in [0.05, 0.1) is 14.1 Å². The summed E-state index contributed by atoms with van der Waals surface area (Å²) in [6.45, 7) is 0. The number of hydrogen-bond acceptors (Lipinski definition) is 4. The van der Waals surface area contributed by atoms with Gasteiger partial charge in [-0.2, -0.15) is 0 Å². The molecule has 8 rings (SSSR count). The molecule has 0 saturated heterocycles. The molecule has 2 unspecified atom stereocenters. The van der Waals surface area contributed by atoms with Gasteiger partial charge in [-0.05, 0) is 34.0 Å². The van der Waals surface area contributed by atoms with Crippen molar-refractivity contribution in [3.8, 4) is 39.7 Å². The number of allylic oxidation sites excluding steroid dienone is 2. The van der Waals surface area contributed by atoms with E-state index in [0.717, 1.165) is 16.9 Å². The lowest BCUT2D eigenvalue weighted by Gasteiger charge is -2.22. The van der Waals surface area contributed by atoms with Crippen molar-refractivity contribution in [2.24, 2.45) is 0 Å². The molecule has 1 aromatic heterocycles. The van der Waals surface area contributed by atoms with Gasteiger partial charge in [-0.15, -0.1) is 0 Å². The molecule has 5 aromatic carbocycles. The number of para-hydroxylation sites is 1. The molecule has 0 saturated carbocycles. The Balaban J connectivity index is 1.46. The lowest BCUT2D eigenvalue weighted by molar-refractivity contribution is 0.271. The molecule has 0 radical (unpaired) electrons. The molecule has 4 heteroatoms. The van der Waals surface area contributed by atoms with Gasteiger partial charge in [0.2, 0.25) is 0 Å². The van der Waals surface area contributed by atoms with Crippen molar-refractivity contribution in [3.63, 3.8) is 0 Å². The van der Waals surface area contributed by atoms with Gasteiger partial charge in [0.1, 0.15) is 11.9 Å². The van der Waals surface area contributed by atoms with Crippen molar-refractivity contribution in [2.75, 3.05) is 0 Å². The highest BCUT2D eigenvalue weighted by Crippen LogP contribution is 2.47. The number of hydrogen-bond donors (Lipinski definition) is 0. The predicted molar refractivity (Wildman–Crippen MR) is 164 cm³/mol. The maximum atomic E-state index is 9.11. The summed E-state index contributed by atoms with van der Waals surface area (Å²) in [5.74, 6) is 1.30. The van der Waals surface area contributed by atoms with Gasteiger partial charge in [-0.1, -0.05) is 127 Å². The third kappa shape index (κ3) is 4.04. The second kappa shape index (κ2) is 9.68. The van der Waals surface area contributed by atoms with E-state index in [9.17, 15) is 0 Å². The van der Waals surface area contributed by atoms with Crippen LogP contribution in [0.3, 0.4) is 0 Å². The highest BCUT2D eigenvalue weighted by atomic mass is 16.5. The van der Waals surface area contributed by atoms with E-state index in [1.807, 2.05) is 78.9 Å². The highest BCUT2D eigenvalue weighted by molar-refractivity contribution is 6.03. The van der Waals surface area contributed by atoms with E-state index in [-0.39, 0.29) is 76.0 Å². The van der Waals surface area contributed by atoms with Crippen molar-refractivity contribution < 1.29 is 13.0 Å². The van der Waals surface area contributed by atoms with Crippen LogP contribution in [0.2, 0.25) is 0 Å². The van der Waals surface area contributed by atoms with Crippen molar-refractivity contribution in [2.45, 2.75) is 12.0 Å². The maximum Gasteiger partial charge on any atom is 0.164 e. The minimum atomic E-state index is -0.387. The van der Waals surface area contributed by atoms with Gasteiger partial charge in [0, 0.05) is 22.3 Å². The predicted octanol–water partition coefficient (Wildman–Crippen LogP) is 8.52. The number of nitrogens with zero attached hydrogens (tertiary/aromatic N) is 3. The quantitative estimate of drug-likeness (QED) is 0.228. The first-order valence-corrected chi connectivity index (χ1v) is 13.4. The van der Waals surface area contributed by atoms with Crippen molar-refractivity contribution in [1.29, 1.82) is 0 Å². The maximum absolute atomic E-state index is 9.11. The van der Waals surface area contributed by atoms with Crippen LogP contribution in [0.5, 0.6) is 5.75 Å². The van der Waals surface area contributed by atoms with Crippen LogP contribution in [-0.4, -0.2) is 21.1 Å². The third-order valence-electron chi connectivity index (χ3n) is 7.47. The monoisotopic (exact) mass is 533 g/mol. The normalized spacial score (nSPS) is 19.1. The summed E-state index contributed by atoms with van der Waals surface area (Å²) in [4.78, 5) is 14.7. The molecule has 2 heterocycles. The van der Waals surface area contributed by atoms with E-state index in [4.69, 9.17) is 27.9 Å². The van der Waals surface area contributed by atoms with Crippen LogP contribution in [0.4, 0.5) is 0 Å². The van der Waals surface area contributed by atoms with Crippen molar-refractivity contribution >= 4 is 16.3 Å². The second-order valence-electron chi connectivity index (χ2n) is 9.89. The molecule has 0 amide bonds. The fourth-order valence-electron chi connectivity index (χ4n) is 5.58. The summed E-state index contributed by atoms with van der Waals surface area (Å²) in [5.41, 5.74) is 3.35. The Hall–Kier alpha value is -5.35. The Morgan fingerprint density at radius 3 is 2.05 bits per heavy atom. The van der Waals surface area contributed by atoms with E-state index < -0.39 is 0 Å². The number of benzene rings is 5. The molecular formula is C37H25N3O. The number of rotatable bonds is 4. The van der Waals surface area contributed by atoms with Gasteiger partial charge >= 0.3 is 0 Å². The van der Waals surface area contributed by atoms with Gasteiger partial charge < -0.3 is 4.74 Å². The van der Waals surface area contributed by atoms with E-state index >= 15 is 0 Å². The summed E-state index contributed by atoms with van der Waals surface area (Å²) >= 11 is 0. The largest absolute Gasteiger partial charge is 0.485 e. The Morgan fingerprint density at radius 1 is 0.610 bits per heavy atom. The Bertz CT molecular complexity index is 2310. The van der Waals surface area contributed by atoms with Crippen LogP contribution in [0.25, 0.3) is 50.2 Å². The zero-order valence-corrected chi connectivity index (χ0v) is 21.7. The molecule has 1 aliphatic heterocycles. The van der Waals surface area contributed by atoms with Crippen LogP contribution in [0.1, 0.15) is 25.5 Å². The molecule has 0 bridgehead atoms. The summed E-state index contributed by atoms with van der Waals surface area (Å²) < 4.78 is 59.8. The minimum absolute atomic E-state index is 0.0428. The fraction of sp³-hybridized carbons (Fsp3) is 0.0541. The van der Waals surface area contributed by atoms with Gasteiger partial charge in [-0.3, -0.25) is 0 Å². The number of fused-ring (bicyclic) bond motifs is 4. The lowest BCUT2D eigenvalue weighted by atomic mass is 9.84. The minimum Gasteiger partial charge on any atom is -0.485 e. The standard InChI is InChI=1S/C37H25N3O/c1-3-12-24(13-4-1)26-17-9-19-28-27(26)18-10-20-29(28)36-38-35(25-14-5-2-6-15-25)39-37(40-36)31-21-11-23-33-34(31)30-16-7-8-22-32(30)41-33/h1-23,33-34H/i9D,10D,17D,18D,19D,20D. The van der Waals surface area contributed by atoms with Crippen LogP contribution in [-0.2, 0) is 0 Å². The zero-order chi connectivity index (χ0) is 32.4. The summed E-state index contributed by atoms with van der Waals surface area (Å²) in [7, 11) is 0. The Kier molecular flexibility index (Phi) is 4.27. The zero-order valence-electron chi connectivity index (χ0n) is 27.7. The summed E-state index contributed by atoms with van der Waals surface area (Å²) in [6.07, 6.45) is 5.58. The lowest BCUT2D eigenvalue weighted by Crippen LogP contribution is -2.20. The number of aromatic nitrogens is 3. The first kappa shape index (κ1) is 18.1. The van der Waals surface area contributed by atoms with Crippen molar-refractivity contribution in [3.05, 3.63) is 151 Å². The van der Waals surface area contributed by atoms with Crippen LogP contribution >= 0.6 is 0 Å². The third-order valence-corrected chi connectivity index (χ3v) is 7.47. The first-order valence-electron chi connectivity index (χ1n) is 16.4. The average Bonchev–Trinajstić information content (AvgIpc) is 3.50. The molecule has 2 atom stereocenters. The molecular weight excluding hydrogens is 502 g/mol. The molecule has 4 nitrogen and oxygen atoms in total. The summed E-state index contributed by atoms with van der Waals surface area (Å²) in [6, 6.07) is 24.2. The SMILES string of the molecule is [2H]c1c([2H])c(-c2nc(C3=CC=CC4Oc5ccccc5C34)nc(-c3ccccc3)n2)c2c([2H])c([2H])c([2H])c(-c3ccccc3)c2c1[2H].